The van der Waals surface area contributed by atoms with Crippen LogP contribution in [0.5, 0.6) is 0 Å². The number of hydrogen-bond donors (Lipinski definition) is 5. The van der Waals surface area contributed by atoms with Crippen molar-refractivity contribution in [2.45, 2.75) is 59.2 Å². The number of carbonyl (C=O) groups is 2. The highest BCUT2D eigenvalue weighted by molar-refractivity contribution is 9.10. The summed E-state index contributed by atoms with van der Waals surface area (Å²) in [6, 6.07) is 33.1. The lowest BCUT2D eigenvalue weighted by atomic mass is 9.79. The summed E-state index contributed by atoms with van der Waals surface area (Å²) in [6.45, 7) is 17.0. The number of benzene rings is 4. The number of nitrogens with zero attached hydrogens (tertiary/aromatic N) is 8. The van der Waals surface area contributed by atoms with Gasteiger partial charge >= 0.3 is 13.1 Å². The van der Waals surface area contributed by atoms with Crippen molar-refractivity contribution in [1.29, 1.82) is 0 Å². The first-order valence-corrected chi connectivity index (χ1v) is 31.0. The molecule has 0 radical (unpaired) electrons. The maximum atomic E-state index is 15.5. The molecule has 3 aliphatic heterocycles. The minimum atomic E-state index is -0.726. The van der Waals surface area contributed by atoms with Crippen LogP contribution in [0.25, 0.3) is 55.7 Å². The lowest BCUT2D eigenvalue weighted by molar-refractivity contribution is -0.117. The fourth-order valence-corrected chi connectivity index (χ4v) is 11.3. The largest absolute Gasteiger partial charge is 0.494 e. The number of rotatable bonds is 13. The summed E-state index contributed by atoms with van der Waals surface area (Å²) in [5.74, 6) is -1.70. The highest BCUT2D eigenvalue weighted by atomic mass is 79.9. The topological polar surface area (TPSA) is 243 Å². The van der Waals surface area contributed by atoms with Crippen LogP contribution in [0, 0.1) is 37.1 Å². The first-order chi connectivity index (χ1) is 45.1. The predicted octanol–water partition coefficient (Wildman–Crippen LogP) is 12.7. The van der Waals surface area contributed by atoms with Crippen LogP contribution in [0.15, 0.2) is 151 Å². The number of carbonyl (C=O) groups excluding carboxylic acids is 2. The van der Waals surface area contributed by atoms with Gasteiger partial charge in [0.05, 0.1) is 116 Å². The Hall–Kier alpha value is -9.66. The average molecular weight is 1340 g/mol. The molecule has 0 atom stereocenters. The molecule has 0 spiro atoms. The molecule has 4 aromatic carbocycles. The number of aromatic nitrogens is 6. The Labute approximate surface area is 548 Å². The third-order valence-corrected chi connectivity index (χ3v) is 17.2. The summed E-state index contributed by atoms with van der Waals surface area (Å²) in [6.07, 6.45) is 6.92. The molecule has 9 heterocycles. The number of halogens is 5. The number of hydrogen-bond acceptors (Lipinski definition) is 16. The van der Waals surface area contributed by atoms with Crippen molar-refractivity contribution in [3.63, 3.8) is 0 Å². The molecule has 19 nitrogen and oxygen atoms in total. The Kier molecular flexibility index (Phi) is 19.8. The average Bonchev–Trinajstić information content (AvgIpc) is 1.40. The van der Waals surface area contributed by atoms with Crippen LogP contribution >= 0.6 is 15.9 Å². The number of morpholine rings is 2. The van der Waals surface area contributed by atoms with Crippen LogP contribution in [-0.4, -0.2) is 113 Å². The second-order valence-electron chi connectivity index (χ2n) is 23.5. The van der Waals surface area contributed by atoms with Gasteiger partial charge in [0, 0.05) is 110 Å². The Bertz CT molecular complexity index is 4410. The summed E-state index contributed by atoms with van der Waals surface area (Å²) < 4.78 is 82.5. The zero-order valence-electron chi connectivity index (χ0n) is 52.4. The number of nitrogens with one attached hydrogen (secondary N) is 3. The second kappa shape index (κ2) is 28.3. The van der Waals surface area contributed by atoms with E-state index in [1.807, 2.05) is 114 Å². The minimum Gasteiger partial charge on any atom is -0.399 e. The van der Waals surface area contributed by atoms with Gasteiger partial charge < -0.3 is 56.0 Å². The number of nitrogens with two attached hydrogens (primary N) is 2. The molecule has 25 heteroatoms. The van der Waals surface area contributed by atoms with Crippen molar-refractivity contribution in [3.8, 4) is 33.9 Å². The number of primary amides is 2. The van der Waals surface area contributed by atoms with Crippen molar-refractivity contribution in [2.75, 3.05) is 78.4 Å². The van der Waals surface area contributed by atoms with Crippen LogP contribution in [0.4, 0.5) is 62.4 Å². The molecule has 3 aliphatic rings. The zero-order chi connectivity index (χ0) is 66.4. The smallest absolute Gasteiger partial charge is 0.399 e. The van der Waals surface area contributed by atoms with Gasteiger partial charge in [0.2, 0.25) is 5.91 Å². The molecule has 0 saturated carbocycles. The van der Waals surface area contributed by atoms with Crippen molar-refractivity contribution >= 4 is 102 Å². The Morgan fingerprint density at radius 1 is 0.606 bits per heavy atom. The summed E-state index contributed by atoms with van der Waals surface area (Å²) in [4.78, 5) is 53.7. The van der Waals surface area contributed by atoms with E-state index in [0.29, 0.717) is 106 Å². The Morgan fingerprint density at radius 3 is 1.55 bits per heavy atom. The molecule has 482 valence electrons. The van der Waals surface area contributed by atoms with Crippen LogP contribution in [0.1, 0.15) is 44.4 Å². The van der Waals surface area contributed by atoms with E-state index in [1.54, 1.807) is 49.1 Å². The standard InChI is InChI=1S/C32H28F2N6O2.C24H20BrF2N5O.C13H19BN2O3/c1-19-31(25-4-2-3-9-36-25)39-27-16-22(33)15-24(34)30(27)32(19)38-26-17-29(40-10-12-42-13-11-40)37-18-23(26)21-7-5-20(6-8-21)14-28(35)41;1-14-23(18-4-2-3-5-28-18)31-20-11-15(26)10-17(27)22(20)24(14)30-19-12-21(29-13-16(19)25)32-6-8-33-9-7-32;1-12(2)13(3,4)19-14(18-12)9-5-7-10(8-6-9)16-11(15)17/h2-9,15-18H,10-14H2,1H3,(H2,35,41)(H,37,38,39);2-5,10-13H,6-9H2,1H3,(H,29,30,31);5-8H,1-4H3,(H3,15,16,17). The van der Waals surface area contributed by atoms with Gasteiger partial charge in [0.25, 0.3) is 0 Å². The van der Waals surface area contributed by atoms with E-state index < -0.39 is 42.3 Å². The number of ether oxygens (including phenoxy) is 2. The van der Waals surface area contributed by atoms with E-state index in [9.17, 15) is 18.4 Å². The van der Waals surface area contributed by atoms with Gasteiger partial charge in [-0.3, -0.25) is 14.8 Å². The fraction of sp³-hybridized carbons (Fsp3) is 0.246. The Balaban J connectivity index is 0.000000154. The molecule has 10 aromatic rings. The molecule has 7 N–H and O–H groups in total. The molecule has 3 fully saturated rings. The van der Waals surface area contributed by atoms with Gasteiger partial charge in [-0.1, -0.05) is 48.5 Å². The molecule has 0 bridgehead atoms. The van der Waals surface area contributed by atoms with Crippen molar-refractivity contribution in [3.05, 3.63) is 191 Å². The molecule has 3 saturated heterocycles. The Morgan fingerprint density at radius 2 is 1.09 bits per heavy atom. The summed E-state index contributed by atoms with van der Waals surface area (Å²) in [5, 5.41) is 9.73. The molecular formula is C69H67BBrF4N13O6. The molecule has 3 amide bonds. The summed E-state index contributed by atoms with van der Waals surface area (Å²) >= 11 is 3.54. The van der Waals surface area contributed by atoms with Gasteiger partial charge in [-0.25, -0.2) is 42.3 Å². The van der Waals surface area contributed by atoms with E-state index in [2.05, 4.69) is 66.6 Å². The number of pyridine rings is 6. The molecule has 94 heavy (non-hydrogen) atoms. The van der Waals surface area contributed by atoms with Crippen LogP contribution in [0.3, 0.4) is 0 Å². The van der Waals surface area contributed by atoms with Crippen molar-refractivity contribution < 1.29 is 45.9 Å². The summed E-state index contributed by atoms with van der Waals surface area (Å²) in [5.41, 5.74) is 19.9. The van der Waals surface area contributed by atoms with E-state index in [1.165, 1.54) is 12.1 Å². The normalized spacial score (nSPS) is 15.0. The lowest BCUT2D eigenvalue weighted by Gasteiger charge is -2.32. The van der Waals surface area contributed by atoms with E-state index in [4.69, 9.17) is 35.2 Å². The number of urea groups is 1. The summed E-state index contributed by atoms with van der Waals surface area (Å²) in [7, 11) is -0.396. The molecule has 13 rings (SSSR count). The quantitative estimate of drug-likeness (QED) is 0.0532. The van der Waals surface area contributed by atoms with Gasteiger partial charge in [0.15, 0.2) is 0 Å². The predicted molar refractivity (Wildman–Crippen MR) is 362 cm³/mol. The maximum absolute atomic E-state index is 15.5. The molecule has 6 aromatic heterocycles. The number of anilines is 7. The highest BCUT2D eigenvalue weighted by Gasteiger charge is 2.51. The zero-order valence-corrected chi connectivity index (χ0v) is 54.0. The van der Waals surface area contributed by atoms with Crippen molar-refractivity contribution in [1.82, 2.24) is 29.9 Å². The van der Waals surface area contributed by atoms with Gasteiger partial charge in [0.1, 0.15) is 34.9 Å². The third-order valence-electron chi connectivity index (χ3n) is 16.6. The van der Waals surface area contributed by atoms with Crippen LogP contribution < -0.4 is 42.7 Å². The minimum absolute atomic E-state index is 0.133. The van der Waals surface area contributed by atoms with Gasteiger partial charge in [-0.05, 0) is 110 Å². The van der Waals surface area contributed by atoms with Gasteiger partial charge in [-0.2, -0.15) is 0 Å². The lowest BCUT2D eigenvalue weighted by Crippen LogP contribution is -2.41. The van der Waals surface area contributed by atoms with E-state index in [-0.39, 0.29) is 39.4 Å². The van der Waals surface area contributed by atoms with E-state index in [0.717, 1.165) is 59.0 Å². The first kappa shape index (κ1) is 65.8. The van der Waals surface area contributed by atoms with E-state index >= 15 is 8.78 Å². The van der Waals surface area contributed by atoms with Gasteiger partial charge in [-0.15, -0.1) is 0 Å². The molecule has 0 aliphatic carbocycles. The third kappa shape index (κ3) is 14.9. The SMILES string of the molecule is CC1(C)OB(c2ccc(NC(N)=O)cc2)OC1(C)C.Cc1c(-c2ccccn2)nc2cc(F)cc(F)c2c1Nc1cc(N2CCOCC2)ncc1-c1ccc(CC(N)=O)cc1.Cc1c(-c2ccccn2)nc2cc(F)cc(F)c2c1Nc1cc(N2CCOCC2)ncc1Br. The maximum Gasteiger partial charge on any atom is 0.494 e. The monoisotopic (exact) mass is 1340 g/mol. The number of fused-ring (bicyclic) bond motifs is 2. The second-order valence-corrected chi connectivity index (χ2v) is 24.4. The number of amides is 3. The van der Waals surface area contributed by atoms with Crippen molar-refractivity contribution in [2.24, 2.45) is 11.5 Å². The molecular weight excluding hydrogens is 1270 g/mol. The fourth-order valence-electron chi connectivity index (χ4n) is 11.0. The van der Waals surface area contributed by atoms with Crippen LogP contribution in [-0.2, 0) is 30.0 Å². The molecule has 0 unspecified atom stereocenters. The first-order valence-electron chi connectivity index (χ1n) is 30.3. The highest BCUT2D eigenvalue weighted by Crippen LogP contribution is 2.42. The van der Waals surface area contributed by atoms with Crippen LogP contribution in [0.2, 0.25) is 0 Å².